The average molecular weight is 338 g/mol. The third-order valence-electron chi connectivity index (χ3n) is 8.94. The van der Waals surface area contributed by atoms with Gasteiger partial charge >= 0.3 is 0 Å². The molecular weight excluding hydrogens is 304 g/mol. The van der Waals surface area contributed by atoms with Crippen molar-refractivity contribution in [1.82, 2.24) is 0 Å². The number of ether oxygens (including phenoxy) is 1. The van der Waals surface area contributed by atoms with Crippen molar-refractivity contribution in [1.29, 1.82) is 0 Å². The highest BCUT2D eigenvalue weighted by atomic mass is 16.5. The Kier molecular flexibility index (Phi) is 4.08. The van der Waals surface area contributed by atoms with Gasteiger partial charge in [-0.2, -0.15) is 0 Å². The van der Waals surface area contributed by atoms with E-state index in [4.69, 9.17) is 4.74 Å². The maximum Gasteiger partial charge on any atom is 0.0857 e. The fraction of sp³-hybridized carbons (Fsp3) is 1.00. The van der Waals surface area contributed by atoms with Crippen molar-refractivity contribution in [2.75, 3.05) is 7.11 Å². The Hall–Kier alpha value is -0.160. The van der Waals surface area contributed by atoms with Crippen LogP contribution in [0.25, 0.3) is 0 Å². The molecule has 0 amide bonds. The zero-order chi connectivity index (χ0) is 17.3. The van der Waals surface area contributed by atoms with Crippen molar-refractivity contribution in [2.24, 2.45) is 34.5 Å². The summed E-state index contributed by atoms with van der Waals surface area (Å²) in [5.41, 5.74) is 0.104. The predicted octanol–water partition coefficient (Wildman–Crippen LogP) is 2.35. The van der Waals surface area contributed by atoms with Gasteiger partial charge in [-0.25, -0.2) is 0 Å². The fourth-order valence-corrected chi connectivity index (χ4v) is 7.57. The summed E-state index contributed by atoms with van der Waals surface area (Å²) in [6.45, 7) is 4.63. The number of aliphatic hydroxyl groups excluding tert-OH is 3. The molecule has 0 aromatic carbocycles. The van der Waals surface area contributed by atoms with Crippen LogP contribution in [0.15, 0.2) is 0 Å². The molecule has 138 valence electrons. The van der Waals surface area contributed by atoms with Crippen LogP contribution in [-0.2, 0) is 4.74 Å². The highest BCUT2D eigenvalue weighted by molar-refractivity contribution is 5.13. The maximum atomic E-state index is 10.7. The molecule has 4 aliphatic carbocycles. The smallest absolute Gasteiger partial charge is 0.0857 e. The molecular formula is C20H34O4. The molecule has 0 saturated heterocycles. The summed E-state index contributed by atoms with van der Waals surface area (Å²) in [7, 11) is 1.75. The highest BCUT2D eigenvalue weighted by Gasteiger charge is 2.63. The third-order valence-corrected chi connectivity index (χ3v) is 8.94. The number of aliphatic hydroxyl groups is 3. The van der Waals surface area contributed by atoms with Crippen molar-refractivity contribution < 1.29 is 20.1 Å². The van der Waals surface area contributed by atoms with Crippen LogP contribution >= 0.6 is 0 Å². The SMILES string of the molecule is COC1C[C@@H]2[C@H](CC[C@]3(C)[C@@H](O)CC[C@@H]23)[C@@]2(C)CC[C@H](O)C(O)[C@H]12. The molecule has 0 spiro atoms. The molecule has 24 heavy (non-hydrogen) atoms. The van der Waals surface area contributed by atoms with E-state index >= 15 is 0 Å². The van der Waals surface area contributed by atoms with Crippen molar-refractivity contribution in [3.63, 3.8) is 0 Å². The maximum absolute atomic E-state index is 10.7. The van der Waals surface area contributed by atoms with Crippen LogP contribution in [0.4, 0.5) is 0 Å². The van der Waals surface area contributed by atoms with Crippen molar-refractivity contribution in [3.8, 4) is 0 Å². The highest BCUT2D eigenvalue weighted by Crippen LogP contribution is 2.66. The lowest BCUT2D eigenvalue weighted by Crippen LogP contribution is -2.63. The number of rotatable bonds is 1. The van der Waals surface area contributed by atoms with Crippen LogP contribution in [-0.4, -0.2) is 46.8 Å². The minimum atomic E-state index is -0.669. The average Bonchev–Trinajstić information content (AvgIpc) is 2.86. The number of fused-ring (bicyclic) bond motifs is 5. The summed E-state index contributed by atoms with van der Waals surface area (Å²) < 4.78 is 5.87. The van der Waals surface area contributed by atoms with Gasteiger partial charge in [-0.15, -0.1) is 0 Å². The Morgan fingerprint density at radius 3 is 2.25 bits per heavy atom. The second kappa shape index (κ2) is 5.67. The second-order valence-corrected chi connectivity index (χ2v) is 9.65. The van der Waals surface area contributed by atoms with Crippen molar-refractivity contribution in [2.45, 2.75) is 83.2 Å². The van der Waals surface area contributed by atoms with E-state index in [0.29, 0.717) is 24.2 Å². The van der Waals surface area contributed by atoms with E-state index in [1.165, 1.54) is 0 Å². The molecule has 4 rings (SSSR count). The normalized spacial score (nSPS) is 60.2. The second-order valence-electron chi connectivity index (χ2n) is 9.65. The molecule has 2 unspecified atom stereocenters. The molecule has 4 heteroatoms. The lowest BCUT2D eigenvalue weighted by molar-refractivity contribution is -0.219. The zero-order valence-electron chi connectivity index (χ0n) is 15.3. The van der Waals surface area contributed by atoms with Gasteiger partial charge in [0, 0.05) is 13.0 Å². The molecule has 4 nitrogen and oxygen atoms in total. The lowest BCUT2D eigenvalue weighted by Gasteiger charge is -2.63. The van der Waals surface area contributed by atoms with E-state index in [-0.39, 0.29) is 29.0 Å². The Bertz CT molecular complexity index is 496. The Morgan fingerprint density at radius 2 is 1.54 bits per heavy atom. The van der Waals surface area contributed by atoms with Crippen LogP contribution < -0.4 is 0 Å². The fourth-order valence-electron chi connectivity index (χ4n) is 7.57. The van der Waals surface area contributed by atoms with Gasteiger partial charge in [0.1, 0.15) is 0 Å². The van der Waals surface area contributed by atoms with Crippen LogP contribution in [0.1, 0.15) is 58.8 Å². The van der Waals surface area contributed by atoms with E-state index in [2.05, 4.69) is 13.8 Å². The van der Waals surface area contributed by atoms with E-state index in [9.17, 15) is 15.3 Å². The summed E-state index contributed by atoms with van der Waals surface area (Å²) in [4.78, 5) is 0. The summed E-state index contributed by atoms with van der Waals surface area (Å²) >= 11 is 0. The Labute approximate surface area is 145 Å². The van der Waals surface area contributed by atoms with E-state index in [1.807, 2.05) is 0 Å². The van der Waals surface area contributed by atoms with Gasteiger partial charge in [0.2, 0.25) is 0 Å². The van der Waals surface area contributed by atoms with Crippen molar-refractivity contribution >= 4 is 0 Å². The minimum absolute atomic E-state index is 0.0151. The topological polar surface area (TPSA) is 69.9 Å². The third kappa shape index (κ3) is 2.12. The molecule has 0 heterocycles. The minimum Gasteiger partial charge on any atom is -0.393 e. The monoisotopic (exact) mass is 338 g/mol. The van der Waals surface area contributed by atoms with Gasteiger partial charge in [0.05, 0.1) is 24.4 Å². The van der Waals surface area contributed by atoms with Crippen LogP contribution in [0.2, 0.25) is 0 Å². The molecule has 3 N–H and O–H groups in total. The Morgan fingerprint density at radius 1 is 0.875 bits per heavy atom. The summed E-state index contributed by atoms with van der Waals surface area (Å²) in [5, 5.41) is 31.5. The first-order valence-corrected chi connectivity index (χ1v) is 9.90. The number of methoxy groups -OCH3 is 1. The first-order valence-electron chi connectivity index (χ1n) is 9.90. The molecule has 0 aliphatic heterocycles. The van der Waals surface area contributed by atoms with Crippen LogP contribution in [0, 0.1) is 34.5 Å². The standard InChI is InChI=1S/C20H34O4/c1-19-8-6-13-11(12(19)4-5-16(19)22)10-15(24-3)17-18(23)14(21)7-9-20(13,17)2/h11-18,21-23H,4-10H2,1-3H3/t11-,12-,13-,14-,15?,16-,17-,18?,19-,20+/m0/s1. The first kappa shape index (κ1) is 17.3. The van der Waals surface area contributed by atoms with Gasteiger partial charge in [-0.05, 0) is 73.5 Å². The summed E-state index contributed by atoms with van der Waals surface area (Å²) in [5.74, 6) is 1.77. The molecule has 0 bridgehead atoms. The number of hydrogen-bond donors (Lipinski definition) is 3. The molecule has 4 aliphatic rings. The lowest BCUT2D eigenvalue weighted by atomic mass is 9.44. The molecule has 0 radical (unpaired) electrons. The van der Waals surface area contributed by atoms with Gasteiger partial charge in [0.15, 0.2) is 0 Å². The van der Waals surface area contributed by atoms with E-state index in [0.717, 1.165) is 38.5 Å². The first-order chi connectivity index (χ1) is 11.3. The van der Waals surface area contributed by atoms with Gasteiger partial charge < -0.3 is 20.1 Å². The quantitative estimate of drug-likeness (QED) is 0.686. The van der Waals surface area contributed by atoms with E-state index in [1.54, 1.807) is 7.11 Å². The summed E-state index contributed by atoms with van der Waals surface area (Å²) in [6, 6.07) is 0. The molecule has 0 aromatic heterocycles. The predicted molar refractivity (Wildman–Crippen MR) is 91.3 cm³/mol. The van der Waals surface area contributed by atoms with Crippen LogP contribution in [0.3, 0.4) is 0 Å². The molecule has 0 aromatic rings. The Balaban J connectivity index is 1.70. The van der Waals surface area contributed by atoms with Crippen molar-refractivity contribution in [3.05, 3.63) is 0 Å². The summed E-state index contributed by atoms with van der Waals surface area (Å²) in [6.07, 6.45) is 5.51. The number of hydrogen-bond acceptors (Lipinski definition) is 4. The van der Waals surface area contributed by atoms with Gasteiger partial charge in [0.25, 0.3) is 0 Å². The van der Waals surface area contributed by atoms with Gasteiger partial charge in [-0.3, -0.25) is 0 Å². The molecule has 4 saturated carbocycles. The van der Waals surface area contributed by atoms with E-state index < -0.39 is 12.2 Å². The zero-order valence-corrected chi connectivity index (χ0v) is 15.3. The molecule has 4 fully saturated rings. The molecule has 10 atom stereocenters. The van der Waals surface area contributed by atoms with Gasteiger partial charge in [-0.1, -0.05) is 13.8 Å². The largest absolute Gasteiger partial charge is 0.393 e. The van der Waals surface area contributed by atoms with Crippen LogP contribution in [0.5, 0.6) is 0 Å².